The Morgan fingerprint density at radius 2 is 1.43 bits per heavy atom. The van der Waals surface area contributed by atoms with Crippen LogP contribution in [0.25, 0.3) is 72.2 Å². The summed E-state index contributed by atoms with van der Waals surface area (Å²) in [5.41, 5.74) is 14.7. The zero-order valence-electron chi connectivity index (χ0n) is 36.9. The minimum absolute atomic E-state index is 0. The standard InChI is InChI=1S/C37H31N2O.C18H24NSi.Ir/c1-23(2)16-26-14-15-28-21-35-31(20-29(28)19-26)32(22-40-35)37-38-33-12-8-9-13-34(33)39(37)30-17-24(3)36(25(4)18-30)27-10-6-5-7-11-27;1-14(2)11-16-12-17(15-9-7-6-8-10-15)19-13-18(16)20(3,4)5;/h5-15,17-21,23H,16H2,1-4H3;6-9,12-14H,11H2,1-5H3;/q2*-1;. The summed E-state index contributed by atoms with van der Waals surface area (Å²) in [6.07, 6.45) is 7.53. The number of furan rings is 1. The molecule has 0 aliphatic heterocycles. The first kappa shape index (κ1) is 43.7. The number of rotatable bonds is 9. The van der Waals surface area contributed by atoms with Crippen LogP contribution >= 0.6 is 0 Å². The molecule has 9 rings (SSSR count). The Bertz CT molecular complexity index is 2920. The van der Waals surface area contributed by atoms with Crippen LogP contribution in [0.2, 0.25) is 19.6 Å². The molecule has 0 saturated carbocycles. The number of fused-ring (bicyclic) bond motifs is 3. The molecule has 0 aliphatic carbocycles. The van der Waals surface area contributed by atoms with Crippen molar-refractivity contribution in [2.75, 3.05) is 0 Å². The molecule has 3 aromatic heterocycles. The molecule has 0 spiro atoms. The molecule has 0 saturated heterocycles. The van der Waals surface area contributed by atoms with Crippen molar-refractivity contribution < 1.29 is 24.5 Å². The van der Waals surface area contributed by atoms with Crippen molar-refractivity contribution in [3.05, 3.63) is 168 Å². The second-order valence-corrected chi connectivity index (χ2v) is 23.2. The number of aromatic nitrogens is 3. The number of hydrogen-bond acceptors (Lipinski definition) is 3. The smallest absolute Gasteiger partial charge is 0.0798 e. The third-order valence-corrected chi connectivity index (χ3v) is 13.3. The van der Waals surface area contributed by atoms with Crippen molar-refractivity contribution in [2.24, 2.45) is 11.8 Å². The second-order valence-electron chi connectivity index (χ2n) is 18.1. The predicted molar refractivity (Wildman–Crippen MR) is 256 cm³/mol. The van der Waals surface area contributed by atoms with E-state index < -0.39 is 8.07 Å². The molecule has 0 N–H and O–H groups in total. The van der Waals surface area contributed by atoms with E-state index in [1.807, 2.05) is 24.3 Å². The Morgan fingerprint density at radius 1 is 0.721 bits per heavy atom. The van der Waals surface area contributed by atoms with Crippen LogP contribution in [-0.2, 0) is 32.9 Å². The topological polar surface area (TPSA) is 43.9 Å². The van der Waals surface area contributed by atoms with Gasteiger partial charge >= 0.3 is 0 Å². The van der Waals surface area contributed by atoms with E-state index in [9.17, 15) is 0 Å². The van der Waals surface area contributed by atoms with Gasteiger partial charge in [-0.15, -0.1) is 35.9 Å². The van der Waals surface area contributed by atoms with E-state index >= 15 is 0 Å². The van der Waals surface area contributed by atoms with E-state index in [2.05, 4.69) is 192 Å². The summed E-state index contributed by atoms with van der Waals surface area (Å²) in [7, 11) is -1.34. The third kappa shape index (κ3) is 9.43. The van der Waals surface area contributed by atoms with Gasteiger partial charge in [-0.3, -0.25) is 4.98 Å². The van der Waals surface area contributed by atoms with E-state index in [1.165, 1.54) is 49.3 Å². The maximum absolute atomic E-state index is 6.04. The third-order valence-electron chi connectivity index (χ3n) is 11.2. The summed E-state index contributed by atoms with van der Waals surface area (Å²) in [6, 6.07) is 48.2. The van der Waals surface area contributed by atoms with Crippen LogP contribution in [0.3, 0.4) is 0 Å². The quantitative estimate of drug-likeness (QED) is 0.107. The number of aryl methyl sites for hydroxylation is 2. The average Bonchev–Trinajstić information content (AvgIpc) is 3.81. The maximum Gasteiger partial charge on any atom is 0.0798 e. The van der Waals surface area contributed by atoms with Gasteiger partial charge in [-0.1, -0.05) is 143 Å². The van der Waals surface area contributed by atoms with Crippen molar-refractivity contribution in [3.63, 3.8) is 0 Å². The Kier molecular flexibility index (Phi) is 13.1. The van der Waals surface area contributed by atoms with Crippen LogP contribution in [0, 0.1) is 38.0 Å². The van der Waals surface area contributed by atoms with Crippen LogP contribution < -0.4 is 5.19 Å². The van der Waals surface area contributed by atoms with Crippen molar-refractivity contribution in [3.8, 4) is 39.5 Å². The van der Waals surface area contributed by atoms with Crippen molar-refractivity contribution in [1.29, 1.82) is 0 Å². The summed E-state index contributed by atoms with van der Waals surface area (Å²) < 4.78 is 8.29. The maximum atomic E-state index is 6.04. The first-order valence-electron chi connectivity index (χ1n) is 21.3. The largest absolute Gasteiger partial charge is 0.557 e. The molecule has 0 fully saturated rings. The number of hydrogen-bond donors (Lipinski definition) is 0. The Hall–Kier alpha value is -5.39. The van der Waals surface area contributed by atoms with E-state index in [0.717, 1.165) is 63.2 Å². The van der Waals surface area contributed by atoms with Gasteiger partial charge in [-0.2, -0.15) is 0 Å². The number of imidazole rings is 1. The molecule has 4 nitrogen and oxygen atoms in total. The number of nitrogens with zero attached hydrogens (tertiary/aromatic N) is 3. The fraction of sp³-hybridized carbons (Fsp3) is 0.236. The van der Waals surface area contributed by atoms with Crippen LogP contribution in [0.15, 0.2) is 138 Å². The number of pyridine rings is 1. The molecule has 0 amide bonds. The molecular weight excluding hydrogens is 939 g/mol. The Morgan fingerprint density at radius 3 is 2.11 bits per heavy atom. The van der Waals surface area contributed by atoms with Crippen LogP contribution in [0.5, 0.6) is 0 Å². The summed E-state index contributed by atoms with van der Waals surface area (Å²) in [5, 5.41) is 4.90. The fourth-order valence-corrected chi connectivity index (χ4v) is 10.2. The average molecular weight is 994 g/mol. The van der Waals surface area contributed by atoms with Gasteiger partial charge in [0.1, 0.15) is 0 Å². The van der Waals surface area contributed by atoms with Gasteiger partial charge < -0.3 is 14.0 Å². The minimum atomic E-state index is -1.34. The normalized spacial score (nSPS) is 11.7. The molecule has 1 radical (unpaired) electrons. The van der Waals surface area contributed by atoms with Gasteiger partial charge in [0.05, 0.1) is 24.9 Å². The Balaban J connectivity index is 0.000000226. The van der Waals surface area contributed by atoms with Crippen LogP contribution in [-0.4, -0.2) is 22.6 Å². The number of para-hydroxylation sites is 2. The first-order valence-corrected chi connectivity index (χ1v) is 24.8. The number of benzene rings is 6. The van der Waals surface area contributed by atoms with E-state index in [-0.39, 0.29) is 20.1 Å². The van der Waals surface area contributed by atoms with Crippen molar-refractivity contribution >= 4 is 46.0 Å². The van der Waals surface area contributed by atoms with Gasteiger partial charge in [0.2, 0.25) is 0 Å². The van der Waals surface area contributed by atoms with E-state index in [4.69, 9.17) is 9.40 Å². The van der Waals surface area contributed by atoms with E-state index in [0.29, 0.717) is 11.8 Å². The van der Waals surface area contributed by atoms with Crippen LogP contribution in [0.1, 0.15) is 49.9 Å². The minimum Gasteiger partial charge on any atom is -0.557 e. The zero-order valence-corrected chi connectivity index (χ0v) is 40.2. The van der Waals surface area contributed by atoms with Gasteiger partial charge in [0.25, 0.3) is 0 Å². The second kappa shape index (κ2) is 18.3. The molecule has 0 bridgehead atoms. The Labute approximate surface area is 376 Å². The molecule has 3 heterocycles. The monoisotopic (exact) mass is 994 g/mol. The molecule has 6 heteroatoms. The van der Waals surface area contributed by atoms with Crippen molar-refractivity contribution in [1.82, 2.24) is 14.5 Å². The molecule has 0 aliphatic rings. The molecule has 0 atom stereocenters. The molecule has 0 unspecified atom stereocenters. The van der Waals surface area contributed by atoms with Gasteiger partial charge in [0, 0.05) is 43.8 Å². The molecule has 9 aromatic rings. The summed E-state index contributed by atoms with van der Waals surface area (Å²) in [6.45, 7) is 20.6. The molecule has 61 heavy (non-hydrogen) atoms. The van der Waals surface area contributed by atoms with Gasteiger partial charge in [-0.05, 0) is 112 Å². The summed E-state index contributed by atoms with van der Waals surface area (Å²) in [4.78, 5) is 9.82. The SMILES string of the molecule is CC(C)Cc1cc(-c2[c-]cccc2)ncc1[Si](C)(C)C.Cc1cc(-n2c(-c3[c-]oc4cc5ccc(CC(C)C)cc5cc34)nc3ccccc32)cc(C)c1-c1ccccc1.[Ir]. The van der Waals surface area contributed by atoms with E-state index in [1.54, 1.807) is 0 Å². The van der Waals surface area contributed by atoms with Gasteiger partial charge in [0.15, 0.2) is 0 Å². The predicted octanol–water partition coefficient (Wildman–Crippen LogP) is 14.2. The first-order chi connectivity index (χ1) is 28.8. The summed E-state index contributed by atoms with van der Waals surface area (Å²) in [5.74, 6) is 2.11. The molecular formula is C55H55IrN3OSi-2. The fourth-order valence-electron chi connectivity index (χ4n) is 8.60. The molecule has 311 valence electrons. The van der Waals surface area contributed by atoms with Crippen LogP contribution in [0.4, 0.5) is 0 Å². The van der Waals surface area contributed by atoms with Gasteiger partial charge in [-0.25, -0.2) is 0 Å². The zero-order chi connectivity index (χ0) is 42.1. The van der Waals surface area contributed by atoms with Crippen molar-refractivity contribution in [2.45, 2.75) is 74.0 Å². The molecule has 6 aromatic carbocycles. The summed E-state index contributed by atoms with van der Waals surface area (Å²) >= 11 is 0.